The summed E-state index contributed by atoms with van der Waals surface area (Å²) in [5.74, 6) is 0.599. The summed E-state index contributed by atoms with van der Waals surface area (Å²) in [7, 11) is 0. The maximum absolute atomic E-state index is 12.8. The molecule has 2 N–H and O–H groups in total. The first kappa shape index (κ1) is 13.5. The van der Waals surface area contributed by atoms with Gasteiger partial charge in [-0.1, -0.05) is 12.1 Å². The van der Waals surface area contributed by atoms with E-state index >= 15 is 0 Å². The minimum Gasteiger partial charge on any atom is -0.316 e. The SMILES string of the molecule is CC(Cc1ccc(F)cc1)NCC1CCCNC1. The third-order valence-corrected chi connectivity index (χ3v) is 3.61. The Kier molecular flexibility index (Phi) is 5.14. The van der Waals surface area contributed by atoms with E-state index in [9.17, 15) is 4.39 Å². The third kappa shape index (κ3) is 4.39. The smallest absolute Gasteiger partial charge is 0.123 e. The van der Waals surface area contributed by atoms with E-state index in [2.05, 4.69) is 17.6 Å². The Labute approximate surface area is 109 Å². The van der Waals surface area contributed by atoms with Gasteiger partial charge in [0, 0.05) is 6.04 Å². The van der Waals surface area contributed by atoms with Gasteiger partial charge in [0.2, 0.25) is 0 Å². The first-order valence-corrected chi connectivity index (χ1v) is 6.92. The number of piperidine rings is 1. The molecule has 1 aliphatic heterocycles. The second kappa shape index (κ2) is 6.86. The Morgan fingerprint density at radius 2 is 2.17 bits per heavy atom. The van der Waals surface area contributed by atoms with Crippen LogP contribution in [-0.4, -0.2) is 25.7 Å². The Morgan fingerprint density at radius 1 is 1.39 bits per heavy atom. The largest absolute Gasteiger partial charge is 0.316 e. The fraction of sp³-hybridized carbons (Fsp3) is 0.600. The Morgan fingerprint density at radius 3 is 2.83 bits per heavy atom. The van der Waals surface area contributed by atoms with Crippen LogP contribution in [-0.2, 0) is 6.42 Å². The van der Waals surface area contributed by atoms with Crippen LogP contribution in [0.1, 0.15) is 25.3 Å². The van der Waals surface area contributed by atoms with E-state index in [1.807, 2.05) is 12.1 Å². The van der Waals surface area contributed by atoms with Crippen molar-refractivity contribution in [2.75, 3.05) is 19.6 Å². The molecule has 2 unspecified atom stereocenters. The van der Waals surface area contributed by atoms with Gasteiger partial charge in [-0.2, -0.15) is 0 Å². The zero-order valence-corrected chi connectivity index (χ0v) is 11.1. The minimum atomic E-state index is -0.160. The Balaban J connectivity index is 1.71. The summed E-state index contributed by atoms with van der Waals surface area (Å²) in [4.78, 5) is 0. The van der Waals surface area contributed by atoms with Crippen LogP contribution in [0.5, 0.6) is 0 Å². The third-order valence-electron chi connectivity index (χ3n) is 3.61. The second-order valence-electron chi connectivity index (χ2n) is 5.35. The Hall–Kier alpha value is -0.930. The zero-order chi connectivity index (χ0) is 12.8. The van der Waals surface area contributed by atoms with E-state index < -0.39 is 0 Å². The molecule has 0 radical (unpaired) electrons. The lowest BCUT2D eigenvalue weighted by atomic mass is 9.99. The standard InChI is InChI=1S/C15H23FN2/c1-12(9-13-4-6-15(16)7-5-13)18-11-14-3-2-8-17-10-14/h4-7,12,14,17-18H,2-3,8-11H2,1H3. The lowest BCUT2D eigenvalue weighted by Crippen LogP contribution is -2.39. The molecule has 2 rings (SSSR count). The van der Waals surface area contributed by atoms with Crippen molar-refractivity contribution in [3.8, 4) is 0 Å². The number of nitrogens with one attached hydrogen (secondary N) is 2. The van der Waals surface area contributed by atoms with Crippen molar-refractivity contribution in [2.45, 2.75) is 32.2 Å². The number of hydrogen-bond acceptors (Lipinski definition) is 2. The molecular formula is C15H23FN2. The Bertz CT molecular complexity index is 344. The molecule has 0 bridgehead atoms. The molecule has 3 heteroatoms. The first-order chi connectivity index (χ1) is 8.74. The first-order valence-electron chi connectivity index (χ1n) is 6.92. The summed E-state index contributed by atoms with van der Waals surface area (Å²) in [6, 6.07) is 7.25. The van der Waals surface area contributed by atoms with Crippen LogP contribution < -0.4 is 10.6 Å². The van der Waals surface area contributed by atoms with Crippen LogP contribution in [0.3, 0.4) is 0 Å². The van der Waals surface area contributed by atoms with Gasteiger partial charge in [-0.15, -0.1) is 0 Å². The van der Waals surface area contributed by atoms with Crippen LogP contribution in [0, 0.1) is 11.7 Å². The quantitative estimate of drug-likeness (QED) is 0.838. The van der Waals surface area contributed by atoms with Gasteiger partial charge in [0.1, 0.15) is 5.82 Å². The molecule has 1 aliphatic rings. The average Bonchev–Trinajstić information content (AvgIpc) is 2.40. The van der Waals surface area contributed by atoms with Gasteiger partial charge >= 0.3 is 0 Å². The van der Waals surface area contributed by atoms with Crippen LogP contribution in [0.2, 0.25) is 0 Å². The fourth-order valence-electron chi connectivity index (χ4n) is 2.51. The summed E-state index contributed by atoms with van der Waals surface area (Å²) in [5.41, 5.74) is 1.19. The number of halogens is 1. The molecule has 1 aromatic rings. The van der Waals surface area contributed by atoms with E-state index in [0.717, 1.165) is 25.4 Å². The maximum Gasteiger partial charge on any atom is 0.123 e. The molecule has 0 amide bonds. The van der Waals surface area contributed by atoms with E-state index in [-0.39, 0.29) is 5.82 Å². The zero-order valence-electron chi connectivity index (χ0n) is 11.1. The summed E-state index contributed by atoms with van der Waals surface area (Å²) < 4.78 is 12.8. The van der Waals surface area contributed by atoms with Crippen molar-refractivity contribution >= 4 is 0 Å². The lowest BCUT2D eigenvalue weighted by Gasteiger charge is -2.25. The van der Waals surface area contributed by atoms with E-state index in [1.54, 1.807) is 0 Å². The predicted octanol–water partition coefficient (Wildman–Crippen LogP) is 2.35. The van der Waals surface area contributed by atoms with Crippen molar-refractivity contribution < 1.29 is 4.39 Å². The minimum absolute atomic E-state index is 0.160. The van der Waals surface area contributed by atoms with Crippen LogP contribution in [0.25, 0.3) is 0 Å². The summed E-state index contributed by atoms with van der Waals surface area (Å²) in [5, 5.41) is 7.01. The van der Waals surface area contributed by atoms with E-state index in [1.165, 1.54) is 37.1 Å². The van der Waals surface area contributed by atoms with Gasteiger partial charge in [-0.25, -0.2) is 4.39 Å². The number of hydrogen-bond donors (Lipinski definition) is 2. The molecule has 0 aromatic heterocycles. The topological polar surface area (TPSA) is 24.1 Å². The molecule has 100 valence electrons. The van der Waals surface area contributed by atoms with E-state index in [4.69, 9.17) is 0 Å². The summed E-state index contributed by atoms with van der Waals surface area (Å²) in [6.45, 7) is 5.58. The number of rotatable bonds is 5. The van der Waals surface area contributed by atoms with Gasteiger partial charge in [0.15, 0.2) is 0 Å². The van der Waals surface area contributed by atoms with Crippen molar-refractivity contribution in [2.24, 2.45) is 5.92 Å². The molecule has 0 aliphatic carbocycles. The van der Waals surface area contributed by atoms with Gasteiger partial charge < -0.3 is 10.6 Å². The van der Waals surface area contributed by atoms with Crippen molar-refractivity contribution in [1.29, 1.82) is 0 Å². The predicted molar refractivity (Wildman–Crippen MR) is 73.2 cm³/mol. The molecule has 1 fully saturated rings. The van der Waals surface area contributed by atoms with Crippen LogP contribution in [0.4, 0.5) is 4.39 Å². The highest BCUT2D eigenvalue weighted by molar-refractivity contribution is 5.16. The van der Waals surface area contributed by atoms with Crippen molar-refractivity contribution in [3.63, 3.8) is 0 Å². The van der Waals surface area contributed by atoms with Crippen molar-refractivity contribution in [1.82, 2.24) is 10.6 Å². The highest BCUT2D eigenvalue weighted by atomic mass is 19.1. The normalized spacial score (nSPS) is 21.8. The molecular weight excluding hydrogens is 227 g/mol. The van der Waals surface area contributed by atoms with Crippen molar-refractivity contribution in [3.05, 3.63) is 35.6 Å². The molecule has 1 heterocycles. The summed E-state index contributed by atoms with van der Waals surface area (Å²) in [6.07, 6.45) is 3.57. The molecule has 2 atom stereocenters. The molecule has 1 aromatic carbocycles. The maximum atomic E-state index is 12.8. The molecule has 18 heavy (non-hydrogen) atoms. The van der Waals surface area contributed by atoms with Crippen LogP contribution >= 0.6 is 0 Å². The molecule has 0 saturated carbocycles. The molecule has 0 spiro atoms. The number of benzene rings is 1. The molecule has 2 nitrogen and oxygen atoms in total. The monoisotopic (exact) mass is 250 g/mol. The lowest BCUT2D eigenvalue weighted by molar-refractivity contribution is 0.346. The average molecular weight is 250 g/mol. The highest BCUT2D eigenvalue weighted by Gasteiger charge is 2.13. The second-order valence-corrected chi connectivity index (χ2v) is 5.35. The van der Waals surface area contributed by atoms with E-state index in [0.29, 0.717) is 6.04 Å². The fourth-order valence-corrected chi connectivity index (χ4v) is 2.51. The highest BCUT2D eigenvalue weighted by Crippen LogP contribution is 2.10. The summed E-state index contributed by atoms with van der Waals surface area (Å²) >= 11 is 0. The van der Waals surface area contributed by atoms with Gasteiger partial charge in [-0.05, 0) is 69.4 Å². The van der Waals surface area contributed by atoms with Gasteiger partial charge in [-0.3, -0.25) is 0 Å². The van der Waals surface area contributed by atoms with Crippen LogP contribution in [0.15, 0.2) is 24.3 Å². The van der Waals surface area contributed by atoms with Gasteiger partial charge in [0.25, 0.3) is 0 Å². The van der Waals surface area contributed by atoms with Gasteiger partial charge in [0.05, 0.1) is 0 Å². The molecule has 1 saturated heterocycles.